The van der Waals surface area contributed by atoms with E-state index in [0.29, 0.717) is 5.82 Å². The number of nitrogens with one attached hydrogen (secondary N) is 1. The average Bonchev–Trinajstić information content (AvgIpc) is 2.82. The van der Waals surface area contributed by atoms with Crippen molar-refractivity contribution in [3.05, 3.63) is 30.0 Å². The third-order valence-corrected chi connectivity index (χ3v) is 4.95. The minimum Gasteiger partial charge on any atom is -0.320 e. The summed E-state index contributed by atoms with van der Waals surface area (Å²) in [7, 11) is 0. The number of carbonyl (C=O) groups is 1. The van der Waals surface area contributed by atoms with E-state index >= 15 is 0 Å². The molecule has 1 saturated carbocycles. The Labute approximate surface area is 172 Å². The molecule has 0 bridgehead atoms. The van der Waals surface area contributed by atoms with Crippen LogP contribution in [0.4, 0.5) is 5.82 Å². The van der Waals surface area contributed by atoms with Crippen LogP contribution < -0.4 is 11.1 Å². The number of halogens is 2. The maximum absolute atomic E-state index is 12.4. The molecule has 0 spiro atoms. The highest BCUT2D eigenvalue weighted by Gasteiger charge is 2.25. The number of pyridine rings is 1. The van der Waals surface area contributed by atoms with Crippen molar-refractivity contribution in [2.75, 3.05) is 5.32 Å². The number of nitrogens with two attached hydrogens (primary N) is 1. The molecule has 1 fully saturated rings. The van der Waals surface area contributed by atoms with Crippen LogP contribution in [0, 0.1) is 19.8 Å². The zero-order valence-corrected chi connectivity index (χ0v) is 17.4. The molecule has 1 amide bonds. The summed E-state index contributed by atoms with van der Waals surface area (Å²) in [6.07, 6.45) is 8.59. The van der Waals surface area contributed by atoms with Crippen LogP contribution >= 0.6 is 24.8 Å². The van der Waals surface area contributed by atoms with E-state index in [1.54, 1.807) is 12.3 Å². The van der Waals surface area contributed by atoms with Crippen LogP contribution in [0.5, 0.6) is 0 Å². The van der Waals surface area contributed by atoms with Crippen molar-refractivity contribution < 1.29 is 4.79 Å². The highest BCUT2D eigenvalue weighted by Crippen LogP contribution is 2.25. The highest BCUT2D eigenvalue weighted by atomic mass is 35.5. The normalized spacial score (nSPS) is 15.8. The Morgan fingerprint density at radius 2 is 1.70 bits per heavy atom. The van der Waals surface area contributed by atoms with Crippen molar-refractivity contribution >= 4 is 36.5 Å². The monoisotopic (exact) mass is 414 g/mol. The topological polar surface area (TPSA) is 98.7 Å². The summed E-state index contributed by atoms with van der Waals surface area (Å²) in [4.78, 5) is 16.8. The van der Waals surface area contributed by atoms with Gasteiger partial charge in [-0.25, -0.2) is 4.98 Å². The number of aryl methyl sites for hydroxylation is 2. The minimum atomic E-state index is -0.470. The summed E-state index contributed by atoms with van der Waals surface area (Å²) < 4.78 is 1.91. The Hall–Kier alpha value is -1.70. The predicted molar refractivity (Wildman–Crippen MR) is 111 cm³/mol. The van der Waals surface area contributed by atoms with Gasteiger partial charge in [0.05, 0.1) is 17.9 Å². The highest BCUT2D eigenvalue weighted by molar-refractivity contribution is 5.94. The fourth-order valence-corrected chi connectivity index (χ4v) is 3.53. The second-order valence-electron chi connectivity index (χ2n) is 6.80. The third-order valence-electron chi connectivity index (χ3n) is 4.95. The molecule has 0 aromatic carbocycles. The largest absolute Gasteiger partial charge is 0.320 e. The van der Waals surface area contributed by atoms with Crippen molar-refractivity contribution in [2.24, 2.45) is 11.7 Å². The van der Waals surface area contributed by atoms with E-state index < -0.39 is 6.04 Å². The van der Waals surface area contributed by atoms with Gasteiger partial charge in [-0.1, -0.05) is 25.7 Å². The van der Waals surface area contributed by atoms with Crippen molar-refractivity contribution in [3.8, 4) is 5.69 Å². The van der Waals surface area contributed by atoms with Crippen LogP contribution in [-0.4, -0.2) is 31.7 Å². The molecule has 3 N–H and O–H groups in total. The molecule has 3 rings (SSSR count). The van der Waals surface area contributed by atoms with Gasteiger partial charge in [-0.05, 0) is 44.7 Å². The van der Waals surface area contributed by atoms with Gasteiger partial charge in [0.15, 0.2) is 0 Å². The maximum atomic E-state index is 12.4. The van der Waals surface area contributed by atoms with Crippen LogP contribution in [-0.2, 0) is 4.79 Å². The van der Waals surface area contributed by atoms with Gasteiger partial charge < -0.3 is 11.1 Å². The van der Waals surface area contributed by atoms with E-state index in [9.17, 15) is 4.79 Å². The molecule has 0 saturated heterocycles. The first kappa shape index (κ1) is 23.3. The summed E-state index contributed by atoms with van der Waals surface area (Å²) in [5, 5.41) is 10.9. The molecule has 7 nitrogen and oxygen atoms in total. The van der Waals surface area contributed by atoms with E-state index in [1.807, 2.05) is 24.5 Å². The number of amides is 1. The lowest BCUT2D eigenvalue weighted by Gasteiger charge is -2.21. The van der Waals surface area contributed by atoms with Gasteiger partial charge >= 0.3 is 0 Å². The van der Waals surface area contributed by atoms with Gasteiger partial charge in [0.2, 0.25) is 5.91 Å². The van der Waals surface area contributed by atoms with E-state index in [4.69, 9.17) is 5.73 Å². The molecule has 0 radical (unpaired) electrons. The van der Waals surface area contributed by atoms with Crippen LogP contribution in [0.1, 0.15) is 50.2 Å². The lowest BCUT2D eigenvalue weighted by atomic mass is 9.92. The lowest BCUT2D eigenvalue weighted by molar-refractivity contribution is -0.118. The van der Waals surface area contributed by atoms with Crippen molar-refractivity contribution in [1.29, 1.82) is 0 Å². The van der Waals surface area contributed by atoms with Crippen molar-refractivity contribution in [3.63, 3.8) is 0 Å². The summed E-state index contributed by atoms with van der Waals surface area (Å²) in [6.45, 7) is 3.78. The Morgan fingerprint density at radius 3 is 2.22 bits per heavy atom. The van der Waals surface area contributed by atoms with Crippen LogP contribution in [0.3, 0.4) is 0 Å². The summed E-state index contributed by atoms with van der Waals surface area (Å²) >= 11 is 0. The average molecular weight is 415 g/mol. The SMILES string of the molecule is Cc1nnc(C)n1-c1ccc(NC(=O)C(N)C2CCCCCC2)nc1.Cl.Cl. The van der Waals surface area contributed by atoms with Gasteiger partial charge in [0.1, 0.15) is 17.5 Å². The number of hydrogen-bond donors (Lipinski definition) is 2. The maximum Gasteiger partial charge on any atom is 0.242 e. The fraction of sp³-hybridized carbons (Fsp3) is 0.556. The Kier molecular flexibility index (Phi) is 9.15. The van der Waals surface area contributed by atoms with E-state index in [1.165, 1.54) is 12.8 Å². The molecule has 1 aliphatic carbocycles. The number of aromatic nitrogens is 4. The Balaban J connectivity index is 0.00000182. The quantitative estimate of drug-likeness (QED) is 0.747. The molecule has 1 aliphatic rings. The van der Waals surface area contributed by atoms with Gasteiger partial charge in [0, 0.05) is 0 Å². The predicted octanol–water partition coefficient (Wildman–Crippen LogP) is 3.36. The van der Waals surface area contributed by atoms with Gasteiger partial charge in [-0.15, -0.1) is 35.0 Å². The van der Waals surface area contributed by atoms with Gasteiger partial charge in [-0.3, -0.25) is 9.36 Å². The second-order valence-corrected chi connectivity index (χ2v) is 6.80. The molecule has 27 heavy (non-hydrogen) atoms. The van der Waals surface area contributed by atoms with E-state index in [-0.39, 0.29) is 36.6 Å². The number of nitrogens with zero attached hydrogens (tertiary/aromatic N) is 4. The first-order chi connectivity index (χ1) is 12.1. The molecule has 2 heterocycles. The van der Waals surface area contributed by atoms with E-state index in [0.717, 1.165) is 43.0 Å². The lowest BCUT2D eigenvalue weighted by Crippen LogP contribution is -2.42. The van der Waals surface area contributed by atoms with Crippen LogP contribution in [0.15, 0.2) is 18.3 Å². The zero-order chi connectivity index (χ0) is 17.8. The molecule has 1 atom stereocenters. The number of carbonyl (C=O) groups excluding carboxylic acids is 1. The number of rotatable bonds is 4. The molecular weight excluding hydrogens is 387 g/mol. The molecule has 0 aliphatic heterocycles. The first-order valence-electron chi connectivity index (χ1n) is 8.98. The molecule has 9 heteroatoms. The second kappa shape index (κ2) is 10.6. The smallest absolute Gasteiger partial charge is 0.242 e. The van der Waals surface area contributed by atoms with Crippen LogP contribution in [0.2, 0.25) is 0 Å². The summed E-state index contributed by atoms with van der Waals surface area (Å²) in [5.41, 5.74) is 7.06. The van der Waals surface area contributed by atoms with Gasteiger partial charge in [-0.2, -0.15) is 0 Å². The van der Waals surface area contributed by atoms with Crippen LogP contribution in [0.25, 0.3) is 5.69 Å². The summed E-state index contributed by atoms with van der Waals surface area (Å²) in [6, 6.07) is 3.21. The molecule has 1 unspecified atom stereocenters. The van der Waals surface area contributed by atoms with Gasteiger partial charge in [0.25, 0.3) is 0 Å². The number of anilines is 1. The molecule has 2 aromatic heterocycles. The van der Waals surface area contributed by atoms with E-state index in [2.05, 4.69) is 20.5 Å². The summed E-state index contributed by atoms with van der Waals surface area (Å²) in [5.74, 6) is 2.23. The minimum absolute atomic E-state index is 0. The zero-order valence-electron chi connectivity index (χ0n) is 15.7. The standard InChI is InChI=1S/C18H26N6O.2ClH/c1-12-22-23-13(2)24(12)15-9-10-16(20-11-15)21-18(25)17(19)14-7-5-3-4-6-8-14;;/h9-11,14,17H,3-8,19H2,1-2H3,(H,20,21,25);2*1H. The fourth-order valence-electron chi connectivity index (χ4n) is 3.53. The Bertz CT molecular complexity index is 706. The molecule has 150 valence electrons. The van der Waals surface area contributed by atoms with Crippen molar-refractivity contribution in [1.82, 2.24) is 19.7 Å². The molecule has 2 aromatic rings. The van der Waals surface area contributed by atoms with Crippen molar-refractivity contribution in [2.45, 2.75) is 58.4 Å². The molecular formula is C18H28Cl2N6O. The number of hydrogen-bond acceptors (Lipinski definition) is 5. The Morgan fingerprint density at radius 1 is 1.11 bits per heavy atom. The first-order valence-corrected chi connectivity index (χ1v) is 8.98. The third kappa shape index (κ3) is 5.64.